The molecule has 0 unspecified atom stereocenters. The van der Waals surface area contributed by atoms with Crippen LogP contribution in [0.5, 0.6) is 0 Å². The molecule has 0 spiro atoms. The summed E-state index contributed by atoms with van der Waals surface area (Å²) in [5, 5.41) is 2.90. The number of carbonyl (C=O) groups is 1. The number of aromatic nitrogens is 1. The average molecular weight is 219 g/mol. The van der Waals surface area contributed by atoms with Crippen LogP contribution in [0.1, 0.15) is 36.2 Å². The van der Waals surface area contributed by atoms with Crippen molar-refractivity contribution in [3.63, 3.8) is 0 Å². The highest BCUT2D eigenvalue weighted by Crippen LogP contribution is 2.23. The lowest BCUT2D eigenvalue weighted by Gasteiger charge is -2.10. The second-order valence-electron chi connectivity index (χ2n) is 4.30. The molecule has 1 aliphatic carbocycles. The van der Waals surface area contributed by atoms with Crippen molar-refractivity contribution in [2.24, 2.45) is 5.92 Å². The van der Waals surface area contributed by atoms with Crippen LogP contribution in [0.2, 0.25) is 0 Å². The summed E-state index contributed by atoms with van der Waals surface area (Å²) in [6, 6.07) is 3.42. The number of pyridine rings is 1. The maximum absolute atomic E-state index is 11.8. The molecule has 0 aliphatic heterocycles. The molecule has 3 N–H and O–H groups in total. The zero-order valence-corrected chi connectivity index (χ0v) is 9.28. The van der Waals surface area contributed by atoms with E-state index in [9.17, 15) is 4.79 Å². The van der Waals surface area contributed by atoms with Gasteiger partial charge in [0.2, 0.25) is 0 Å². The van der Waals surface area contributed by atoms with Crippen LogP contribution in [0.4, 0.5) is 5.69 Å². The SMILES string of the molecule is Nc1cccnc1C(=O)NCC1CCCC1. The molecule has 1 fully saturated rings. The van der Waals surface area contributed by atoms with Crippen LogP contribution in [0.15, 0.2) is 18.3 Å². The minimum atomic E-state index is -0.162. The Morgan fingerprint density at radius 3 is 2.94 bits per heavy atom. The molecule has 1 aromatic rings. The highest BCUT2D eigenvalue weighted by molar-refractivity contribution is 5.96. The summed E-state index contributed by atoms with van der Waals surface area (Å²) >= 11 is 0. The largest absolute Gasteiger partial charge is 0.397 e. The van der Waals surface area contributed by atoms with Crippen LogP contribution in [-0.4, -0.2) is 17.4 Å². The summed E-state index contributed by atoms with van der Waals surface area (Å²) in [7, 11) is 0. The van der Waals surface area contributed by atoms with Gasteiger partial charge in [0.15, 0.2) is 5.69 Å². The second-order valence-corrected chi connectivity index (χ2v) is 4.30. The van der Waals surface area contributed by atoms with Crippen LogP contribution in [0.25, 0.3) is 0 Å². The molecule has 0 bridgehead atoms. The third kappa shape index (κ3) is 2.51. The maximum atomic E-state index is 11.8. The van der Waals surface area contributed by atoms with Crippen LogP contribution >= 0.6 is 0 Å². The van der Waals surface area contributed by atoms with Gasteiger partial charge in [-0.2, -0.15) is 0 Å². The van der Waals surface area contributed by atoms with Crippen LogP contribution < -0.4 is 11.1 Å². The van der Waals surface area contributed by atoms with Gasteiger partial charge in [0.05, 0.1) is 5.69 Å². The van der Waals surface area contributed by atoms with E-state index in [0.717, 1.165) is 6.54 Å². The van der Waals surface area contributed by atoms with E-state index in [1.54, 1.807) is 18.3 Å². The van der Waals surface area contributed by atoms with Crippen LogP contribution in [0.3, 0.4) is 0 Å². The van der Waals surface area contributed by atoms with E-state index in [2.05, 4.69) is 10.3 Å². The van der Waals surface area contributed by atoms with E-state index < -0.39 is 0 Å². The van der Waals surface area contributed by atoms with Gasteiger partial charge in [0.1, 0.15) is 0 Å². The van der Waals surface area contributed by atoms with Gasteiger partial charge in [-0.3, -0.25) is 4.79 Å². The first-order valence-electron chi connectivity index (χ1n) is 5.76. The molecular formula is C12H17N3O. The van der Waals surface area contributed by atoms with Gasteiger partial charge in [0.25, 0.3) is 5.91 Å². The first-order chi connectivity index (χ1) is 7.77. The molecule has 0 radical (unpaired) electrons. The van der Waals surface area contributed by atoms with Gasteiger partial charge in [-0.25, -0.2) is 4.98 Å². The summed E-state index contributed by atoms with van der Waals surface area (Å²) in [5.41, 5.74) is 6.45. The summed E-state index contributed by atoms with van der Waals surface area (Å²) in [6.07, 6.45) is 6.59. The number of nitrogens with one attached hydrogen (secondary N) is 1. The fourth-order valence-corrected chi connectivity index (χ4v) is 2.14. The minimum absolute atomic E-state index is 0.162. The smallest absolute Gasteiger partial charge is 0.272 e. The number of amides is 1. The summed E-state index contributed by atoms with van der Waals surface area (Å²) in [6.45, 7) is 0.745. The number of carbonyl (C=O) groups excluding carboxylic acids is 1. The van der Waals surface area contributed by atoms with Crippen molar-refractivity contribution < 1.29 is 4.79 Å². The third-order valence-electron chi connectivity index (χ3n) is 3.08. The van der Waals surface area contributed by atoms with E-state index in [4.69, 9.17) is 5.73 Å². The summed E-state index contributed by atoms with van der Waals surface area (Å²) in [4.78, 5) is 15.8. The fraction of sp³-hybridized carbons (Fsp3) is 0.500. The van der Waals surface area contributed by atoms with Gasteiger partial charge in [-0.1, -0.05) is 12.8 Å². The predicted octanol–water partition coefficient (Wildman–Crippen LogP) is 1.58. The predicted molar refractivity (Wildman–Crippen MR) is 62.9 cm³/mol. The molecule has 0 saturated heterocycles. The third-order valence-corrected chi connectivity index (χ3v) is 3.08. The first kappa shape index (κ1) is 10.9. The highest BCUT2D eigenvalue weighted by Gasteiger charge is 2.17. The number of hydrogen-bond donors (Lipinski definition) is 2. The van der Waals surface area contributed by atoms with Crippen molar-refractivity contribution in [2.45, 2.75) is 25.7 Å². The normalized spacial score (nSPS) is 16.2. The number of rotatable bonds is 3. The molecule has 1 aromatic heterocycles. The molecule has 1 heterocycles. The van der Waals surface area contributed by atoms with Crippen molar-refractivity contribution in [1.29, 1.82) is 0 Å². The number of hydrogen-bond acceptors (Lipinski definition) is 3. The zero-order chi connectivity index (χ0) is 11.4. The maximum Gasteiger partial charge on any atom is 0.272 e. The zero-order valence-electron chi connectivity index (χ0n) is 9.28. The highest BCUT2D eigenvalue weighted by atomic mass is 16.1. The quantitative estimate of drug-likeness (QED) is 0.811. The molecule has 16 heavy (non-hydrogen) atoms. The van der Waals surface area contributed by atoms with Gasteiger partial charge < -0.3 is 11.1 Å². The number of nitrogen functional groups attached to an aromatic ring is 1. The Bertz CT molecular complexity index is 372. The van der Waals surface area contributed by atoms with Crippen molar-refractivity contribution in [1.82, 2.24) is 10.3 Å². The second kappa shape index (κ2) is 4.96. The first-order valence-corrected chi connectivity index (χ1v) is 5.76. The van der Waals surface area contributed by atoms with E-state index in [1.165, 1.54) is 25.7 Å². The Labute approximate surface area is 95.3 Å². The molecule has 86 valence electrons. The molecule has 1 aliphatic rings. The van der Waals surface area contributed by atoms with Gasteiger partial charge >= 0.3 is 0 Å². The average Bonchev–Trinajstić information content (AvgIpc) is 2.79. The van der Waals surface area contributed by atoms with Gasteiger partial charge in [-0.05, 0) is 30.9 Å². The molecule has 0 aromatic carbocycles. The van der Waals surface area contributed by atoms with E-state index in [0.29, 0.717) is 17.3 Å². The lowest BCUT2D eigenvalue weighted by atomic mass is 10.1. The van der Waals surface area contributed by atoms with Gasteiger partial charge in [0, 0.05) is 12.7 Å². The summed E-state index contributed by atoms with van der Waals surface area (Å²) in [5.74, 6) is 0.471. The Morgan fingerprint density at radius 2 is 2.25 bits per heavy atom. The van der Waals surface area contributed by atoms with E-state index in [1.807, 2.05) is 0 Å². The molecule has 4 nitrogen and oxygen atoms in total. The Morgan fingerprint density at radius 1 is 1.50 bits per heavy atom. The van der Waals surface area contributed by atoms with Crippen LogP contribution in [-0.2, 0) is 0 Å². The van der Waals surface area contributed by atoms with E-state index in [-0.39, 0.29) is 5.91 Å². The summed E-state index contributed by atoms with van der Waals surface area (Å²) < 4.78 is 0. The monoisotopic (exact) mass is 219 g/mol. The lowest BCUT2D eigenvalue weighted by Crippen LogP contribution is -2.29. The van der Waals surface area contributed by atoms with Crippen LogP contribution in [0, 0.1) is 5.92 Å². The number of anilines is 1. The molecule has 1 amide bonds. The molecule has 0 atom stereocenters. The van der Waals surface area contributed by atoms with Crippen molar-refractivity contribution >= 4 is 11.6 Å². The number of nitrogens with two attached hydrogens (primary N) is 1. The standard InChI is InChI=1S/C12H17N3O/c13-10-6-3-7-14-11(10)12(16)15-8-9-4-1-2-5-9/h3,6-7,9H,1-2,4-5,8,13H2,(H,15,16). The minimum Gasteiger partial charge on any atom is -0.397 e. The number of nitrogens with zero attached hydrogens (tertiary/aromatic N) is 1. The Kier molecular flexibility index (Phi) is 3.39. The van der Waals surface area contributed by atoms with Crippen molar-refractivity contribution in [2.75, 3.05) is 12.3 Å². The molecular weight excluding hydrogens is 202 g/mol. The Hall–Kier alpha value is -1.58. The van der Waals surface area contributed by atoms with Gasteiger partial charge in [-0.15, -0.1) is 0 Å². The molecule has 2 rings (SSSR count). The lowest BCUT2D eigenvalue weighted by molar-refractivity contribution is 0.0943. The molecule has 1 saturated carbocycles. The van der Waals surface area contributed by atoms with E-state index >= 15 is 0 Å². The topological polar surface area (TPSA) is 68.0 Å². The van der Waals surface area contributed by atoms with Crippen molar-refractivity contribution in [3.8, 4) is 0 Å². The fourth-order valence-electron chi connectivity index (χ4n) is 2.14. The molecule has 4 heteroatoms. The van der Waals surface area contributed by atoms with Crippen molar-refractivity contribution in [3.05, 3.63) is 24.0 Å². The Balaban J connectivity index is 1.90.